The SMILES string of the molecule is C=CC1=CC=C(OCOC)C=CC1. The number of rotatable bonds is 4. The van der Waals surface area contributed by atoms with Crippen LogP contribution in [0.15, 0.2) is 48.3 Å². The smallest absolute Gasteiger partial charge is 0.188 e. The Labute approximate surface area is 78.9 Å². The Kier molecular flexibility index (Phi) is 4.06. The summed E-state index contributed by atoms with van der Waals surface area (Å²) in [7, 11) is 1.60. The highest BCUT2D eigenvalue weighted by Crippen LogP contribution is 2.12. The molecule has 0 bridgehead atoms. The molecular weight excluding hydrogens is 164 g/mol. The van der Waals surface area contributed by atoms with Crippen molar-refractivity contribution in [3.63, 3.8) is 0 Å². The molecule has 0 radical (unpaired) electrons. The molecule has 0 aromatic heterocycles. The van der Waals surface area contributed by atoms with E-state index in [-0.39, 0.29) is 6.79 Å². The van der Waals surface area contributed by atoms with Crippen LogP contribution in [0, 0.1) is 0 Å². The van der Waals surface area contributed by atoms with Gasteiger partial charge in [-0.3, -0.25) is 0 Å². The fourth-order valence-electron chi connectivity index (χ4n) is 0.998. The second kappa shape index (κ2) is 5.38. The summed E-state index contributed by atoms with van der Waals surface area (Å²) < 4.78 is 10.1. The Balaban J connectivity index is 2.59. The Morgan fingerprint density at radius 1 is 1.54 bits per heavy atom. The molecule has 0 aromatic rings. The third-order valence-electron chi connectivity index (χ3n) is 1.70. The van der Waals surface area contributed by atoms with Gasteiger partial charge in [0.2, 0.25) is 0 Å². The molecule has 0 aromatic carbocycles. The lowest BCUT2D eigenvalue weighted by atomic mass is 10.2. The van der Waals surface area contributed by atoms with Crippen LogP contribution in [-0.2, 0) is 9.47 Å². The molecule has 2 nitrogen and oxygen atoms in total. The summed E-state index contributed by atoms with van der Waals surface area (Å²) in [5.41, 5.74) is 1.19. The van der Waals surface area contributed by atoms with Crippen molar-refractivity contribution in [2.24, 2.45) is 0 Å². The Bertz CT molecular complexity index is 259. The zero-order valence-corrected chi connectivity index (χ0v) is 7.82. The number of hydrogen-bond donors (Lipinski definition) is 0. The van der Waals surface area contributed by atoms with Gasteiger partial charge in [-0.05, 0) is 24.1 Å². The normalized spacial score (nSPS) is 15.8. The molecule has 1 aliphatic carbocycles. The van der Waals surface area contributed by atoms with Crippen LogP contribution in [0.3, 0.4) is 0 Å². The highest BCUT2D eigenvalue weighted by molar-refractivity contribution is 5.32. The molecule has 0 fully saturated rings. The average molecular weight is 178 g/mol. The number of ether oxygens (including phenoxy) is 2. The molecule has 13 heavy (non-hydrogen) atoms. The topological polar surface area (TPSA) is 18.5 Å². The van der Waals surface area contributed by atoms with E-state index in [9.17, 15) is 0 Å². The highest BCUT2D eigenvalue weighted by Gasteiger charge is 1.96. The van der Waals surface area contributed by atoms with Crippen LogP contribution in [0.4, 0.5) is 0 Å². The van der Waals surface area contributed by atoms with E-state index in [1.54, 1.807) is 7.11 Å². The molecule has 2 heteroatoms. The Morgan fingerprint density at radius 3 is 3.08 bits per heavy atom. The molecule has 0 aliphatic heterocycles. The van der Waals surface area contributed by atoms with Crippen molar-refractivity contribution in [2.75, 3.05) is 13.9 Å². The fourth-order valence-corrected chi connectivity index (χ4v) is 0.998. The standard InChI is InChI=1S/C11H14O2/c1-3-10-5-4-6-11(8-7-10)13-9-12-2/h3-4,6-8H,1,5,9H2,2H3. The van der Waals surface area contributed by atoms with Gasteiger partial charge in [0.05, 0.1) is 0 Å². The first-order valence-corrected chi connectivity index (χ1v) is 4.18. The molecule has 0 unspecified atom stereocenters. The summed E-state index contributed by atoms with van der Waals surface area (Å²) in [6.07, 6.45) is 10.6. The molecule has 0 saturated heterocycles. The van der Waals surface area contributed by atoms with Gasteiger partial charge in [0.25, 0.3) is 0 Å². The van der Waals surface area contributed by atoms with Gasteiger partial charge in [-0.15, -0.1) is 0 Å². The predicted octanol–water partition coefficient (Wildman–Crippen LogP) is 2.56. The van der Waals surface area contributed by atoms with Gasteiger partial charge in [-0.2, -0.15) is 0 Å². The summed E-state index contributed by atoms with van der Waals surface area (Å²) >= 11 is 0. The quantitative estimate of drug-likeness (QED) is 0.616. The summed E-state index contributed by atoms with van der Waals surface area (Å²) in [6.45, 7) is 4.00. The van der Waals surface area contributed by atoms with Crippen molar-refractivity contribution in [1.82, 2.24) is 0 Å². The fraction of sp³-hybridized carbons (Fsp3) is 0.273. The minimum absolute atomic E-state index is 0.285. The van der Waals surface area contributed by atoms with E-state index in [1.165, 1.54) is 5.57 Å². The molecule has 1 rings (SSSR count). The molecule has 0 N–H and O–H groups in total. The maximum absolute atomic E-state index is 5.28. The van der Waals surface area contributed by atoms with Crippen molar-refractivity contribution in [1.29, 1.82) is 0 Å². The van der Waals surface area contributed by atoms with Crippen LogP contribution >= 0.6 is 0 Å². The van der Waals surface area contributed by atoms with E-state index in [4.69, 9.17) is 9.47 Å². The van der Waals surface area contributed by atoms with Crippen LogP contribution in [0.1, 0.15) is 6.42 Å². The van der Waals surface area contributed by atoms with Gasteiger partial charge in [-0.25, -0.2) is 0 Å². The number of allylic oxidation sites excluding steroid dienone is 6. The Morgan fingerprint density at radius 2 is 2.38 bits per heavy atom. The molecule has 70 valence electrons. The molecule has 0 heterocycles. The first-order chi connectivity index (χ1) is 6.36. The van der Waals surface area contributed by atoms with Crippen LogP contribution in [0.5, 0.6) is 0 Å². The van der Waals surface area contributed by atoms with E-state index >= 15 is 0 Å². The molecule has 1 aliphatic rings. The summed E-state index contributed by atoms with van der Waals surface area (Å²) in [4.78, 5) is 0. The monoisotopic (exact) mass is 178 g/mol. The van der Waals surface area contributed by atoms with Crippen molar-refractivity contribution in [3.05, 3.63) is 48.3 Å². The van der Waals surface area contributed by atoms with Crippen LogP contribution in [0.2, 0.25) is 0 Å². The molecule has 0 atom stereocenters. The minimum Gasteiger partial charge on any atom is -0.468 e. The van der Waals surface area contributed by atoms with Gasteiger partial charge >= 0.3 is 0 Å². The summed E-state index contributed by atoms with van der Waals surface area (Å²) in [6, 6.07) is 0. The van der Waals surface area contributed by atoms with Gasteiger partial charge < -0.3 is 9.47 Å². The number of methoxy groups -OCH3 is 1. The summed E-state index contributed by atoms with van der Waals surface area (Å²) in [5, 5.41) is 0. The first kappa shape index (κ1) is 9.81. The van der Waals surface area contributed by atoms with E-state index in [1.807, 2.05) is 30.4 Å². The van der Waals surface area contributed by atoms with Crippen LogP contribution < -0.4 is 0 Å². The van der Waals surface area contributed by atoms with Crippen LogP contribution in [0.25, 0.3) is 0 Å². The molecule has 0 saturated carbocycles. The van der Waals surface area contributed by atoms with Crippen molar-refractivity contribution >= 4 is 0 Å². The zero-order valence-electron chi connectivity index (χ0n) is 7.82. The van der Waals surface area contributed by atoms with E-state index < -0.39 is 0 Å². The lowest BCUT2D eigenvalue weighted by Crippen LogP contribution is -1.93. The summed E-state index contributed by atoms with van der Waals surface area (Å²) in [5.74, 6) is 0.818. The van der Waals surface area contributed by atoms with Gasteiger partial charge in [0.1, 0.15) is 5.76 Å². The lowest BCUT2D eigenvalue weighted by Gasteiger charge is -2.02. The highest BCUT2D eigenvalue weighted by atomic mass is 16.7. The molecular formula is C11H14O2. The van der Waals surface area contributed by atoms with Gasteiger partial charge in [-0.1, -0.05) is 24.8 Å². The van der Waals surface area contributed by atoms with E-state index in [2.05, 4.69) is 6.58 Å². The van der Waals surface area contributed by atoms with Crippen molar-refractivity contribution in [3.8, 4) is 0 Å². The largest absolute Gasteiger partial charge is 0.468 e. The van der Waals surface area contributed by atoms with Gasteiger partial charge in [0.15, 0.2) is 6.79 Å². The van der Waals surface area contributed by atoms with E-state index in [0.29, 0.717) is 0 Å². The second-order valence-electron chi connectivity index (χ2n) is 2.67. The van der Waals surface area contributed by atoms with E-state index in [0.717, 1.165) is 12.2 Å². The maximum atomic E-state index is 5.28. The van der Waals surface area contributed by atoms with Gasteiger partial charge in [0, 0.05) is 7.11 Å². The first-order valence-electron chi connectivity index (χ1n) is 4.18. The Hall–Kier alpha value is -1.28. The van der Waals surface area contributed by atoms with Crippen molar-refractivity contribution < 1.29 is 9.47 Å². The minimum atomic E-state index is 0.285. The lowest BCUT2D eigenvalue weighted by molar-refractivity contribution is 0.0101. The third kappa shape index (κ3) is 3.30. The maximum Gasteiger partial charge on any atom is 0.188 e. The predicted molar refractivity (Wildman–Crippen MR) is 53.1 cm³/mol. The van der Waals surface area contributed by atoms with Crippen LogP contribution in [-0.4, -0.2) is 13.9 Å². The average Bonchev–Trinajstić information content (AvgIpc) is 2.39. The zero-order chi connectivity index (χ0) is 9.52. The molecule has 0 amide bonds. The third-order valence-corrected chi connectivity index (χ3v) is 1.70. The number of hydrogen-bond acceptors (Lipinski definition) is 2. The second-order valence-corrected chi connectivity index (χ2v) is 2.67. The molecule has 0 spiro atoms. The van der Waals surface area contributed by atoms with Crippen molar-refractivity contribution in [2.45, 2.75) is 6.42 Å².